The van der Waals surface area contributed by atoms with Gasteiger partial charge in [-0.05, 0) is 26.7 Å². The van der Waals surface area contributed by atoms with Gasteiger partial charge < -0.3 is 15.6 Å². The number of fused-ring (bicyclic) bond motifs is 1. The van der Waals surface area contributed by atoms with Crippen LogP contribution in [0.4, 0.5) is 4.39 Å². The molecule has 2 rings (SSSR count). The Morgan fingerprint density at radius 1 is 1.43 bits per heavy atom. The first-order chi connectivity index (χ1) is 12.9. The van der Waals surface area contributed by atoms with Crippen LogP contribution >= 0.6 is 30.3 Å². The monoisotopic (exact) mass is 525 g/mol. The number of pyridine rings is 1. The Labute approximate surface area is 179 Å². The van der Waals surface area contributed by atoms with Gasteiger partial charge >= 0.3 is 11.9 Å². The molecule has 0 spiro atoms. The van der Waals surface area contributed by atoms with Crippen molar-refractivity contribution in [2.45, 2.75) is 53.2 Å². The number of halogens is 2. The SMILES string of the molecule is CC(C)CC(=O)OC(C)(C)C.NCc1c(F)cnc2c1c(C(=O)O)cn2SI. The van der Waals surface area contributed by atoms with Gasteiger partial charge in [0.25, 0.3) is 0 Å². The Hall–Kier alpha value is -1.40. The van der Waals surface area contributed by atoms with E-state index in [4.69, 9.17) is 15.6 Å². The van der Waals surface area contributed by atoms with Crippen LogP contribution in [0.5, 0.6) is 0 Å². The highest BCUT2D eigenvalue weighted by Gasteiger charge is 2.20. The average molecular weight is 525 g/mol. The molecular formula is C18H25FIN3O4S. The van der Waals surface area contributed by atoms with Gasteiger partial charge in [0.05, 0.1) is 11.8 Å². The Morgan fingerprint density at radius 3 is 2.46 bits per heavy atom. The van der Waals surface area contributed by atoms with Crippen molar-refractivity contribution in [2.24, 2.45) is 11.7 Å². The van der Waals surface area contributed by atoms with Gasteiger partial charge in [-0.25, -0.2) is 14.2 Å². The molecule has 3 N–H and O–H groups in total. The third kappa shape index (κ3) is 6.89. The predicted molar refractivity (Wildman–Crippen MR) is 117 cm³/mol. The van der Waals surface area contributed by atoms with Crippen LogP contribution in [0.3, 0.4) is 0 Å². The minimum absolute atomic E-state index is 0.0108. The van der Waals surface area contributed by atoms with Crippen molar-refractivity contribution < 1.29 is 23.8 Å². The maximum absolute atomic E-state index is 13.5. The van der Waals surface area contributed by atoms with Crippen molar-refractivity contribution >= 4 is 53.3 Å². The summed E-state index contributed by atoms with van der Waals surface area (Å²) < 4.78 is 20.2. The van der Waals surface area contributed by atoms with E-state index in [2.05, 4.69) is 4.98 Å². The van der Waals surface area contributed by atoms with Crippen LogP contribution in [-0.2, 0) is 16.1 Å². The summed E-state index contributed by atoms with van der Waals surface area (Å²) in [5, 5.41) is 9.35. The number of rotatable bonds is 5. The standard InChI is InChI=1S/C9H7FIN3O2S.C9H18O2/c10-6-2-13-8-7(4(6)1-12)5(9(15)16)3-14(8)17-11;1-7(2)6-8(10)11-9(3,4)5/h2-3H,1,12H2,(H,15,16);7H,6H2,1-5H3. The highest BCUT2D eigenvalue weighted by Crippen LogP contribution is 2.30. The molecule has 0 aromatic carbocycles. The minimum atomic E-state index is -1.12. The smallest absolute Gasteiger partial charge is 0.337 e. The maximum atomic E-state index is 13.5. The number of nitrogens with zero attached hydrogens (tertiary/aromatic N) is 2. The quantitative estimate of drug-likeness (QED) is 0.436. The number of hydrogen-bond acceptors (Lipinski definition) is 6. The second kappa shape index (κ2) is 10.4. The molecule has 156 valence electrons. The fourth-order valence-electron chi connectivity index (χ4n) is 2.34. The lowest BCUT2D eigenvalue weighted by Gasteiger charge is -2.19. The molecule has 0 amide bonds. The van der Waals surface area contributed by atoms with Crippen LogP contribution in [0, 0.1) is 11.7 Å². The van der Waals surface area contributed by atoms with Crippen molar-refractivity contribution in [1.29, 1.82) is 0 Å². The first-order valence-electron chi connectivity index (χ1n) is 8.54. The van der Waals surface area contributed by atoms with E-state index in [-0.39, 0.29) is 34.6 Å². The summed E-state index contributed by atoms with van der Waals surface area (Å²) in [7, 11) is 1.26. The highest BCUT2D eigenvalue weighted by atomic mass is 127. The summed E-state index contributed by atoms with van der Waals surface area (Å²) in [6, 6.07) is 0. The third-order valence-electron chi connectivity index (χ3n) is 3.34. The second-order valence-corrected chi connectivity index (χ2v) is 9.13. The molecule has 0 fully saturated rings. The van der Waals surface area contributed by atoms with Gasteiger partial charge in [0.1, 0.15) is 11.4 Å². The molecule has 28 heavy (non-hydrogen) atoms. The number of aromatic carboxylic acids is 1. The van der Waals surface area contributed by atoms with Crippen LogP contribution < -0.4 is 5.73 Å². The fraction of sp³-hybridized carbons (Fsp3) is 0.500. The Balaban J connectivity index is 0.000000311. The van der Waals surface area contributed by atoms with Crippen LogP contribution in [0.2, 0.25) is 0 Å². The normalized spacial score (nSPS) is 11.3. The molecule has 2 heterocycles. The number of hydrogen-bond donors (Lipinski definition) is 2. The molecule has 0 unspecified atom stereocenters. The topological polar surface area (TPSA) is 107 Å². The Kier molecular flexibility index (Phi) is 9.15. The molecule has 0 aliphatic carbocycles. The summed E-state index contributed by atoms with van der Waals surface area (Å²) in [4.78, 5) is 26.1. The zero-order valence-corrected chi connectivity index (χ0v) is 19.4. The molecule has 0 aliphatic heterocycles. The zero-order chi connectivity index (χ0) is 21.6. The maximum Gasteiger partial charge on any atom is 0.337 e. The molecule has 7 nitrogen and oxygen atoms in total. The molecular weight excluding hydrogens is 500 g/mol. The van der Waals surface area contributed by atoms with Crippen molar-refractivity contribution in [2.75, 3.05) is 0 Å². The van der Waals surface area contributed by atoms with Gasteiger partial charge in [-0.3, -0.25) is 8.77 Å². The molecule has 0 aliphatic rings. The number of aromatic nitrogens is 2. The lowest BCUT2D eigenvalue weighted by Crippen LogP contribution is -2.24. The van der Waals surface area contributed by atoms with E-state index in [0.29, 0.717) is 18.0 Å². The van der Waals surface area contributed by atoms with Crippen molar-refractivity contribution in [1.82, 2.24) is 8.96 Å². The van der Waals surface area contributed by atoms with Gasteiger partial charge in [-0.15, -0.1) is 0 Å². The van der Waals surface area contributed by atoms with E-state index in [1.807, 2.05) is 55.8 Å². The number of carboxylic acids is 1. The molecule has 2 aromatic heterocycles. The van der Waals surface area contributed by atoms with Crippen molar-refractivity contribution in [3.63, 3.8) is 0 Å². The first kappa shape index (κ1) is 24.6. The van der Waals surface area contributed by atoms with Crippen molar-refractivity contribution in [3.8, 4) is 0 Å². The van der Waals surface area contributed by atoms with E-state index < -0.39 is 11.8 Å². The molecule has 0 atom stereocenters. The molecule has 0 saturated carbocycles. The van der Waals surface area contributed by atoms with E-state index in [1.54, 1.807) is 3.97 Å². The lowest BCUT2D eigenvalue weighted by molar-refractivity contribution is -0.155. The van der Waals surface area contributed by atoms with Gasteiger partial charge in [-0.2, -0.15) is 0 Å². The fourth-order valence-corrected chi connectivity index (χ4v) is 3.59. The number of nitrogens with two attached hydrogens (primary N) is 1. The minimum Gasteiger partial charge on any atom is -0.478 e. The summed E-state index contributed by atoms with van der Waals surface area (Å²) in [5.74, 6) is -1.43. The second-order valence-electron chi connectivity index (χ2n) is 7.41. The third-order valence-corrected chi connectivity index (χ3v) is 5.04. The molecule has 0 bridgehead atoms. The summed E-state index contributed by atoms with van der Waals surface area (Å²) in [6.45, 7) is 9.58. The summed E-state index contributed by atoms with van der Waals surface area (Å²) >= 11 is 1.99. The number of carbonyl (C=O) groups is 2. The van der Waals surface area contributed by atoms with E-state index in [9.17, 15) is 14.0 Å². The number of esters is 1. The molecule has 0 radical (unpaired) electrons. The summed E-state index contributed by atoms with van der Waals surface area (Å²) in [5.41, 5.74) is 5.71. The average Bonchev–Trinajstić information content (AvgIpc) is 2.91. The van der Waals surface area contributed by atoms with Crippen LogP contribution in [0.1, 0.15) is 57.0 Å². The van der Waals surface area contributed by atoms with Gasteiger partial charge in [0.2, 0.25) is 0 Å². The van der Waals surface area contributed by atoms with E-state index in [0.717, 1.165) is 6.20 Å². The number of ether oxygens (including phenoxy) is 1. The van der Waals surface area contributed by atoms with Gasteiger partial charge in [0, 0.05) is 60.4 Å². The predicted octanol–water partition coefficient (Wildman–Crippen LogP) is 4.55. The van der Waals surface area contributed by atoms with E-state index >= 15 is 0 Å². The van der Waals surface area contributed by atoms with Crippen LogP contribution in [0.25, 0.3) is 11.0 Å². The molecule has 10 heteroatoms. The Morgan fingerprint density at radius 2 is 2.04 bits per heavy atom. The largest absolute Gasteiger partial charge is 0.478 e. The number of carbonyl (C=O) groups excluding carboxylic acids is 1. The van der Waals surface area contributed by atoms with Crippen LogP contribution in [0.15, 0.2) is 12.4 Å². The first-order valence-corrected chi connectivity index (χ1v) is 11.9. The van der Waals surface area contributed by atoms with Crippen LogP contribution in [-0.4, -0.2) is 31.6 Å². The molecule has 0 saturated heterocycles. The number of carboxylic acid groups (broad SMARTS) is 1. The van der Waals surface area contributed by atoms with Crippen molar-refractivity contribution in [3.05, 3.63) is 29.3 Å². The lowest BCUT2D eigenvalue weighted by atomic mass is 10.1. The highest BCUT2D eigenvalue weighted by molar-refractivity contribution is 14.2. The Bertz CT molecular complexity index is 849. The summed E-state index contributed by atoms with van der Waals surface area (Å²) in [6.07, 6.45) is 2.98. The molecule has 2 aromatic rings. The van der Waals surface area contributed by atoms with Gasteiger partial charge in [-0.1, -0.05) is 13.8 Å². The van der Waals surface area contributed by atoms with E-state index in [1.165, 1.54) is 15.3 Å². The van der Waals surface area contributed by atoms with Gasteiger partial charge in [0.15, 0.2) is 5.65 Å². The zero-order valence-electron chi connectivity index (χ0n) is 16.5.